The highest BCUT2D eigenvalue weighted by molar-refractivity contribution is 4.67. The molecule has 0 amide bonds. The lowest BCUT2D eigenvalue weighted by molar-refractivity contribution is -0.488. The van der Waals surface area contributed by atoms with Crippen LogP contribution in [-0.4, -0.2) is 30.1 Å². The third kappa shape index (κ3) is 10.1. The Kier molecular flexibility index (Phi) is 4.73. The van der Waals surface area contributed by atoms with E-state index in [-0.39, 0.29) is 11.1 Å². The summed E-state index contributed by atoms with van der Waals surface area (Å²) >= 11 is 0. The van der Waals surface area contributed by atoms with Gasteiger partial charge in [-0.2, -0.15) is 0 Å². The molecule has 92 valence electrons. The molecule has 4 nitrogen and oxygen atoms in total. The van der Waals surface area contributed by atoms with Gasteiger partial charge in [-0.25, -0.2) is 0 Å². The van der Waals surface area contributed by atoms with Gasteiger partial charge in [0, 0.05) is 0 Å². The molecule has 0 aromatic rings. The first kappa shape index (κ1) is 14.8. The summed E-state index contributed by atoms with van der Waals surface area (Å²) < 4.78 is 11.4. The Morgan fingerprint density at radius 2 is 1.00 bits per heavy atom. The Bertz CT molecular complexity index is 170. The molecule has 0 rings (SSSR count). The van der Waals surface area contributed by atoms with Gasteiger partial charge in [-0.05, 0) is 41.5 Å². The molecule has 0 aliphatic carbocycles. The van der Waals surface area contributed by atoms with Crippen molar-refractivity contribution >= 4 is 0 Å². The van der Waals surface area contributed by atoms with Gasteiger partial charge in [0.2, 0.25) is 0 Å². The van der Waals surface area contributed by atoms with E-state index in [4.69, 9.17) is 9.47 Å². The van der Waals surface area contributed by atoms with E-state index in [1.165, 1.54) is 0 Å². The topological polar surface area (TPSA) is 73.7 Å². The summed E-state index contributed by atoms with van der Waals surface area (Å²) in [6, 6.07) is 0. The molecule has 0 spiro atoms. The molecular formula is C11H28N2O2+2. The van der Waals surface area contributed by atoms with E-state index in [2.05, 4.69) is 11.5 Å². The Morgan fingerprint density at radius 1 is 0.733 bits per heavy atom. The van der Waals surface area contributed by atoms with Gasteiger partial charge < -0.3 is 20.9 Å². The second-order valence-corrected chi connectivity index (χ2v) is 6.31. The van der Waals surface area contributed by atoms with E-state index in [0.717, 1.165) is 0 Å². The molecule has 0 saturated heterocycles. The van der Waals surface area contributed by atoms with Crippen LogP contribution in [0.2, 0.25) is 0 Å². The average molecular weight is 220 g/mol. The van der Waals surface area contributed by atoms with E-state index in [0.29, 0.717) is 13.2 Å². The highest BCUT2D eigenvalue weighted by Crippen LogP contribution is 2.14. The fraction of sp³-hybridized carbons (Fsp3) is 1.00. The summed E-state index contributed by atoms with van der Waals surface area (Å²) in [6.07, 6.45) is 0. The predicted octanol–water partition coefficient (Wildman–Crippen LogP) is -0.203. The lowest BCUT2D eigenvalue weighted by Gasteiger charge is -2.30. The summed E-state index contributed by atoms with van der Waals surface area (Å²) in [5.41, 5.74) is 7.81. The standard InChI is InChI=1S/C11H26N2O2/c1-9(2,12)7-14-11(5,6)15-8-10(3,4)13/h7-8,12-13H2,1-6H3/p+2. The molecular weight excluding hydrogens is 192 g/mol. The smallest absolute Gasteiger partial charge is 0.163 e. The molecule has 0 heterocycles. The van der Waals surface area contributed by atoms with Gasteiger partial charge in [0.15, 0.2) is 5.79 Å². The van der Waals surface area contributed by atoms with Crippen LogP contribution in [0.1, 0.15) is 41.5 Å². The van der Waals surface area contributed by atoms with Crippen LogP contribution >= 0.6 is 0 Å². The van der Waals surface area contributed by atoms with Crippen molar-refractivity contribution in [2.24, 2.45) is 0 Å². The maximum absolute atomic E-state index is 5.68. The highest BCUT2D eigenvalue weighted by Gasteiger charge is 2.27. The van der Waals surface area contributed by atoms with Gasteiger partial charge in [-0.1, -0.05) is 0 Å². The van der Waals surface area contributed by atoms with Gasteiger partial charge in [0.25, 0.3) is 0 Å². The molecule has 0 aromatic heterocycles. The third-order valence-corrected chi connectivity index (χ3v) is 1.62. The molecule has 0 saturated carbocycles. The number of quaternary nitrogens is 2. The molecule has 0 radical (unpaired) electrons. The van der Waals surface area contributed by atoms with Gasteiger partial charge in [-0.15, -0.1) is 0 Å². The van der Waals surface area contributed by atoms with Crippen molar-refractivity contribution in [2.75, 3.05) is 13.2 Å². The van der Waals surface area contributed by atoms with Crippen LogP contribution in [0.25, 0.3) is 0 Å². The fourth-order valence-corrected chi connectivity index (χ4v) is 0.780. The van der Waals surface area contributed by atoms with Gasteiger partial charge in [0.05, 0.1) is 0 Å². The number of hydrogen-bond acceptors (Lipinski definition) is 2. The molecule has 0 aliphatic rings. The SMILES string of the molecule is CC(C)([NH3+])COC(C)(C)OCC(C)(C)[NH3+]. The van der Waals surface area contributed by atoms with Gasteiger partial charge in [0.1, 0.15) is 24.3 Å². The second kappa shape index (κ2) is 4.78. The molecule has 4 heteroatoms. The fourth-order valence-electron chi connectivity index (χ4n) is 0.780. The Hall–Kier alpha value is -0.160. The minimum atomic E-state index is -0.566. The summed E-state index contributed by atoms with van der Waals surface area (Å²) in [4.78, 5) is 0. The Morgan fingerprint density at radius 3 is 1.20 bits per heavy atom. The number of hydrogen-bond donors (Lipinski definition) is 2. The average Bonchev–Trinajstić information content (AvgIpc) is 1.96. The lowest BCUT2D eigenvalue weighted by atomic mass is 10.1. The monoisotopic (exact) mass is 220 g/mol. The Balaban J connectivity index is 3.98. The zero-order chi connectivity index (χ0) is 12.3. The van der Waals surface area contributed by atoms with Crippen molar-refractivity contribution in [1.82, 2.24) is 0 Å². The van der Waals surface area contributed by atoms with Crippen LogP contribution in [0.15, 0.2) is 0 Å². The Labute approximate surface area is 93.3 Å². The number of rotatable bonds is 6. The van der Waals surface area contributed by atoms with Crippen molar-refractivity contribution in [2.45, 2.75) is 58.4 Å². The zero-order valence-corrected chi connectivity index (χ0v) is 11.1. The predicted molar refractivity (Wildman–Crippen MR) is 59.9 cm³/mol. The maximum atomic E-state index is 5.68. The summed E-state index contributed by atoms with van der Waals surface area (Å²) in [6.45, 7) is 13.1. The lowest BCUT2D eigenvalue weighted by Crippen LogP contribution is -2.72. The molecule has 0 fully saturated rings. The normalized spacial score (nSPS) is 14.4. The van der Waals surface area contributed by atoms with Crippen molar-refractivity contribution < 1.29 is 20.9 Å². The quantitative estimate of drug-likeness (QED) is 0.608. The minimum absolute atomic E-state index is 0.0827. The first-order chi connectivity index (χ1) is 6.41. The van der Waals surface area contributed by atoms with Gasteiger partial charge >= 0.3 is 0 Å². The minimum Gasteiger partial charge on any atom is -0.351 e. The van der Waals surface area contributed by atoms with Crippen LogP contribution in [-0.2, 0) is 9.47 Å². The first-order valence-corrected chi connectivity index (χ1v) is 5.40. The van der Waals surface area contributed by atoms with Crippen LogP contribution in [0.5, 0.6) is 0 Å². The molecule has 0 aliphatic heterocycles. The highest BCUT2D eigenvalue weighted by atomic mass is 16.7. The summed E-state index contributed by atoms with van der Waals surface area (Å²) in [5.74, 6) is -0.566. The maximum Gasteiger partial charge on any atom is 0.163 e. The molecule has 6 N–H and O–H groups in total. The van der Waals surface area contributed by atoms with Crippen LogP contribution in [0, 0.1) is 0 Å². The van der Waals surface area contributed by atoms with Crippen LogP contribution in [0.4, 0.5) is 0 Å². The van der Waals surface area contributed by atoms with Crippen LogP contribution in [0.3, 0.4) is 0 Å². The van der Waals surface area contributed by atoms with Gasteiger partial charge in [-0.3, -0.25) is 0 Å². The molecule has 0 aromatic carbocycles. The van der Waals surface area contributed by atoms with E-state index >= 15 is 0 Å². The molecule has 15 heavy (non-hydrogen) atoms. The van der Waals surface area contributed by atoms with E-state index < -0.39 is 5.79 Å². The van der Waals surface area contributed by atoms with Crippen molar-refractivity contribution in [3.05, 3.63) is 0 Å². The van der Waals surface area contributed by atoms with E-state index in [9.17, 15) is 0 Å². The summed E-state index contributed by atoms with van der Waals surface area (Å²) in [7, 11) is 0. The third-order valence-electron chi connectivity index (χ3n) is 1.62. The molecule has 0 atom stereocenters. The number of ether oxygens (including phenoxy) is 2. The second-order valence-electron chi connectivity index (χ2n) is 6.31. The van der Waals surface area contributed by atoms with Crippen LogP contribution < -0.4 is 11.5 Å². The first-order valence-electron chi connectivity index (χ1n) is 5.40. The van der Waals surface area contributed by atoms with E-state index in [1.807, 2.05) is 41.5 Å². The van der Waals surface area contributed by atoms with Crippen molar-refractivity contribution in [3.63, 3.8) is 0 Å². The molecule has 0 unspecified atom stereocenters. The van der Waals surface area contributed by atoms with E-state index in [1.54, 1.807) is 0 Å². The largest absolute Gasteiger partial charge is 0.351 e. The van der Waals surface area contributed by atoms with Crippen molar-refractivity contribution in [1.29, 1.82) is 0 Å². The zero-order valence-electron chi connectivity index (χ0n) is 11.1. The summed E-state index contributed by atoms with van der Waals surface area (Å²) in [5, 5.41) is 0. The molecule has 0 bridgehead atoms. The van der Waals surface area contributed by atoms with Crippen molar-refractivity contribution in [3.8, 4) is 0 Å².